The lowest BCUT2D eigenvalue weighted by atomic mass is 10.3. The van der Waals surface area contributed by atoms with Crippen molar-refractivity contribution in [2.24, 2.45) is 0 Å². The van der Waals surface area contributed by atoms with E-state index in [-0.39, 0.29) is 19.1 Å². The number of methoxy groups -OCH3 is 1. The smallest absolute Gasteiger partial charge is 0.258 e. The van der Waals surface area contributed by atoms with Gasteiger partial charge in [-0.3, -0.25) is 9.59 Å². The predicted molar refractivity (Wildman–Crippen MR) is 79.9 cm³/mol. The third-order valence-corrected chi connectivity index (χ3v) is 2.87. The van der Waals surface area contributed by atoms with E-state index in [1.807, 2.05) is 0 Å². The number of carbonyl (C=O) groups is 2. The summed E-state index contributed by atoms with van der Waals surface area (Å²) in [6.45, 7) is 0.413. The molecule has 2 amide bonds. The second kappa shape index (κ2) is 9.44. The molecule has 0 bridgehead atoms. The van der Waals surface area contributed by atoms with Crippen LogP contribution in [0.2, 0.25) is 10.0 Å². The molecule has 0 saturated carbocycles. The Morgan fingerprint density at radius 2 is 1.95 bits per heavy atom. The molecule has 0 aliphatic rings. The van der Waals surface area contributed by atoms with Gasteiger partial charge in [0, 0.05) is 24.7 Å². The topological polar surface area (TPSA) is 76.7 Å². The normalized spacial score (nSPS) is 10.0. The zero-order chi connectivity index (χ0) is 15.7. The summed E-state index contributed by atoms with van der Waals surface area (Å²) in [5, 5.41) is 5.79. The Balaban J connectivity index is 2.28. The van der Waals surface area contributed by atoms with Crippen molar-refractivity contribution in [3.8, 4) is 5.75 Å². The second-order valence-electron chi connectivity index (χ2n) is 3.98. The molecule has 1 aromatic rings. The minimum absolute atomic E-state index is 0.130. The van der Waals surface area contributed by atoms with E-state index in [0.29, 0.717) is 28.9 Å². The van der Waals surface area contributed by atoms with Gasteiger partial charge in [0.25, 0.3) is 5.91 Å². The average molecular weight is 335 g/mol. The molecule has 1 rings (SSSR count). The Labute approximate surface area is 132 Å². The third-order valence-electron chi connectivity index (χ3n) is 2.33. The van der Waals surface area contributed by atoms with E-state index in [9.17, 15) is 9.59 Å². The maximum absolute atomic E-state index is 11.5. The van der Waals surface area contributed by atoms with Crippen molar-refractivity contribution in [3.05, 3.63) is 28.2 Å². The number of nitrogens with one attached hydrogen (secondary N) is 2. The van der Waals surface area contributed by atoms with E-state index < -0.39 is 5.91 Å². The van der Waals surface area contributed by atoms with Crippen LogP contribution < -0.4 is 15.4 Å². The number of ether oxygens (including phenoxy) is 2. The molecule has 0 fully saturated rings. The van der Waals surface area contributed by atoms with Crippen molar-refractivity contribution in [2.75, 3.05) is 33.4 Å². The van der Waals surface area contributed by atoms with Gasteiger partial charge in [-0.1, -0.05) is 23.2 Å². The molecule has 0 heterocycles. The van der Waals surface area contributed by atoms with Crippen molar-refractivity contribution in [3.63, 3.8) is 0 Å². The fourth-order valence-corrected chi connectivity index (χ4v) is 1.65. The second-order valence-corrected chi connectivity index (χ2v) is 4.83. The molecular weight excluding hydrogens is 319 g/mol. The number of benzene rings is 1. The molecule has 0 radical (unpaired) electrons. The first-order chi connectivity index (χ1) is 10.0. The van der Waals surface area contributed by atoms with Gasteiger partial charge in [0.05, 0.1) is 18.2 Å². The summed E-state index contributed by atoms with van der Waals surface area (Å²) in [6, 6.07) is 4.69. The first-order valence-corrected chi connectivity index (χ1v) is 6.88. The largest absolute Gasteiger partial charge is 0.482 e. The molecule has 0 aliphatic heterocycles. The molecule has 0 atom stereocenters. The van der Waals surface area contributed by atoms with Gasteiger partial charge in [-0.05, 0) is 12.1 Å². The van der Waals surface area contributed by atoms with Gasteiger partial charge in [0.1, 0.15) is 5.75 Å². The van der Waals surface area contributed by atoms with Crippen LogP contribution in [0.4, 0.5) is 0 Å². The summed E-state index contributed by atoms with van der Waals surface area (Å²) in [5.41, 5.74) is 0. The molecular formula is C13H16Cl2N2O4. The standard InChI is InChI=1S/C13H16Cl2N2O4/c1-20-5-4-16-12(18)7-17-13(19)8-21-11-6-9(14)2-3-10(11)15/h2-3,6H,4-5,7-8H2,1H3,(H,16,18)(H,17,19). The summed E-state index contributed by atoms with van der Waals surface area (Å²) in [6.07, 6.45) is 0. The lowest BCUT2D eigenvalue weighted by Crippen LogP contribution is -2.39. The molecule has 0 aromatic heterocycles. The molecule has 6 nitrogen and oxygen atoms in total. The summed E-state index contributed by atoms with van der Waals surface area (Å²) in [4.78, 5) is 22.9. The monoisotopic (exact) mass is 334 g/mol. The molecule has 0 saturated heterocycles. The van der Waals surface area contributed by atoms with E-state index >= 15 is 0 Å². The van der Waals surface area contributed by atoms with Crippen molar-refractivity contribution in [1.82, 2.24) is 10.6 Å². The van der Waals surface area contributed by atoms with Gasteiger partial charge in [-0.25, -0.2) is 0 Å². The van der Waals surface area contributed by atoms with Crippen LogP contribution >= 0.6 is 23.2 Å². The molecule has 0 unspecified atom stereocenters. The number of hydrogen-bond acceptors (Lipinski definition) is 4. The lowest BCUT2D eigenvalue weighted by molar-refractivity contribution is -0.127. The van der Waals surface area contributed by atoms with Gasteiger partial charge in [0.15, 0.2) is 6.61 Å². The highest BCUT2D eigenvalue weighted by Gasteiger charge is 2.08. The number of carbonyl (C=O) groups excluding carboxylic acids is 2. The van der Waals surface area contributed by atoms with Crippen molar-refractivity contribution in [2.45, 2.75) is 0 Å². The van der Waals surface area contributed by atoms with Crippen LogP contribution in [0.15, 0.2) is 18.2 Å². The van der Waals surface area contributed by atoms with Gasteiger partial charge in [-0.15, -0.1) is 0 Å². The van der Waals surface area contributed by atoms with Crippen LogP contribution in [0.25, 0.3) is 0 Å². The van der Waals surface area contributed by atoms with Crippen LogP contribution in [-0.2, 0) is 14.3 Å². The van der Waals surface area contributed by atoms with Crippen LogP contribution in [0, 0.1) is 0 Å². The fourth-order valence-electron chi connectivity index (χ4n) is 1.32. The maximum Gasteiger partial charge on any atom is 0.258 e. The molecule has 0 aliphatic carbocycles. The van der Waals surface area contributed by atoms with Crippen molar-refractivity contribution in [1.29, 1.82) is 0 Å². The molecule has 8 heteroatoms. The van der Waals surface area contributed by atoms with Crippen LogP contribution in [-0.4, -0.2) is 45.2 Å². The fraction of sp³-hybridized carbons (Fsp3) is 0.385. The molecule has 116 valence electrons. The van der Waals surface area contributed by atoms with E-state index in [4.69, 9.17) is 32.7 Å². The van der Waals surface area contributed by atoms with E-state index in [1.165, 1.54) is 13.2 Å². The Hall–Kier alpha value is -1.50. The Morgan fingerprint density at radius 3 is 2.67 bits per heavy atom. The Bertz CT molecular complexity index is 497. The number of halogens is 2. The van der Waals surface area contributed by atoms with Gasteiger partial charge < -0.3 is 20.1 Å². The van der Waals surface area contributed by atoms with Crippen molar-refractivity contribution < 1.29 is 19.1 Å². The highest BCUT2D eigenvalue weighted by atomic mass is 35.5. The number of amides is 2. The van der Waals surface area contributed by atoms with Crippen LogP contribution in [0.5, 0.6) is 5.75 Å². The van der Waals surface area contributed by atoms with Gasteiger partial charge in [0.2, 0.25) is 5.91 Å². The zero-order valence-corrected chi connectivity index (χ0v) is 13.0. The minimum Gasteiger partial charge on any atom is -0.482 e. The number of rotatable bonds is 8. The summed E-state index contributed by atoms with van der Waals surface area (Å²) < 4.78 is 10.0. The number of hydrogen-bond donors (Lipinski definition) is 2. The Kier molecular flexibility index (Phi) is 7.89. The molecule has 1 aromatic carbocycles. The molecule has 2 N–H and O–H groups in total. The first kappa shape index (κ1) is 17.6. The predicted octanol–water partition coefficient (Wildman–Crippen LogP) is 1.25. The molecule has 0 spiro atoms. The highest BCUT2D eigenvalue weighted by molar-refractivity contribution is 6.34. The Morgan fingerprint density at radius 1 is 1.19 bits per heavy atom. The van der Waals surface area contributed by atoms with Crippen LogP contribution in [0.1, 0.15) is 0 Å². The van der Waals surface area contributed by atoms with E-state index in [0.717, 1.165) is 0 Å². The average Bonchev–Trinajstić information content (AvgIpc) is 2.46. The zero-order valence-electron chi connectivity index (χ0n) is 11.4. The van der Waals surface area contributed by atoms with Gasteiger partial charge in [-0.2, -0.15) is 0 Å². The summed E-state index contributed by atoms with van der Waals surface area (Å²) in [5.74, 6) is -0.432. The third kappa shape index (κ3) is 7.17. The quantitative estimate of drug-likeness (QED) is 0.701. The summed E-state index contributed by atoms with van der Waals surface area (Å²) >= 11 is 11.7. The lowest BCUT2D eigenvalue weighted by Gasteiger charge is -2.09. The maximum atomic E-state index is 11.5. The van der Waals surface area contributed by atoms with E-state index in [1.54, 1.807) is 12.1 Å². The van der Waals surface area contributed by atoms with E-state index in [2.05, 4.69) is 10.6 Å². The SMILES string of the molecule is COCCNC(=O)CNC(=O)COc1cc(Cl)ccc1Cl. The van der Waals surface area contributed by atoms with Gasteiger partial charge >= 0.3 is 0 Å². The summed E-state index contributed by atoms with van der Waals surface area (Å²) in [7, 11) is 1.53. The highest BCUT2D eigenvalue weighted by Crippen LogP contribution is 2.27. The van der Waals surface area contributed by atoms with Crippen LogP contribution in [0.3, 0.4) is 0 Å². The minimum atomic E-state index is -0.437. The first-order valence-electron chi connectivity index (χ1n) is 6.13. The van der Waals surface area contributed by atoms with Crippen molar-refractivity contribution >= 4 is 35.0 Å². The molecule has 21 heavy (non-hydrogen) atoms.